The van der Waals surface area contributed by atoms with Crippen LogP contribution in [-0.2, 0) is 11.2 Å². The summed E-state index contributed by atoms with van der Waals surface area (Å²) in [4.78, 5) is 15.3. The Morgan fingerprint density at radius 2 is 2.21 bits per heavy atom. The quantitative estimate of drug-likeness (QED) is 0.707. The van der Waals surface area contributed by atoms with Gasteiger partial charge in [-0.1, -0.05) is 20.8 Å². The maximum absolute atomic E-state index is 11.0. The van der Waals surface area contributed by atoms with E-state index in [1.54, 1.807) is 12.1 Å². The molecule has 2 N–H and O–H groups in total. The summed E-state index contributed by atoms with van der Waals surface area (Å²) in [5.74, 6) is 0.168. The van der Waals surface area contributed by atoms with Gasteiger partial charge < -0.3 is 15.2 Å². The fraction of sp³-hybridized carbons (Fsp3) is 0.571. The molecule has 0 spiro atoms. The SMILES string of the molecule is CCc1cc(C(=O)O)cc(NCCOCC(C)C)n1. The molecule has 0 fully saturated rings. The molecule has 0 aliphatic rings. The zero-order valence-electron chi connectivity index (χ0n) is 11.8. The zero-order chi connectivity index (χ0) is 14.3. The number of rotatable bonds is 8. The average Bonchev–Trinajstić information content (AvgIpc) is 2.37. The Hall–Kier alpha value is -1.62. The van der Waals surface area contributed by atoms with Crippen LogP contribution in [0.3, 0.4) is 0 Å². The number of aryl methyl sites for hydroxylation is 1. The molecule has 1 aromatic rings. The van der Waals surface area contributed by atoms with Gasteiger partial charge in [-0.15, -0.1) is 0 Å². The van der Waals surface area contributed by atoms with Crippen LogP contribution in [0.4, 0.5) is 5.82 Å². The third kappa shape index (κ3) is 5.70. The lowest BCUT2D eigenvalue weighted by atomic mass is 10.2. The first kappa shape index (κ1) is 15.4. The Bertz CT molecular complexity index is 419. The highest BCUT2D eigenvalue weighted by Crippen LogP contribution is 2.11. The van der Waals surface area contributed by atoms with Crippen molar-refractivity contribution >= 4 is 11.8 Å². The van der Waals surface area contributed by atoms with Crippen LogP contribution < -0.4 is 5.32 Å². The van der Waals surface area contributed by atoms with Crippen LogP contribution in [0.15, 0.2) is 12.1 Å². The van der Waals surface area contributed by atoms with Crippen LogP contribution in [0, 0.1) is 5.92 Å². The van der Waals surface area contributed by atoms with Crippen LogP contribution in [0.5, 0.6) is 0 Å². The standard InChI is InChI=1S/C14H22N2O3/c1-4-12-7-11(14(17)18)8-13(16-12)15-5-6-19-9-10(2)3/h7-8,10H,4-6,9H2,1-3H3,(H,15,16)(H,17,18). The van der Waals surface area contributed by atoms with E-state index < -0.39 is 5.97 Å². The number of pyridine rings is 1. The van der Waals surface area contributed by atoms with E-state index in [2.05, 4.69) is 24.1 Å². The highest BCUT2D eigenvalue weighted by molar-refractivity contribution is 5.88. The molecule has 5 heteroatoms. The van der Waals surface area contributed by atoms with Crippen molar-refractivity contribution in [1.29, 1.82) is 0 Å². The number of carboxylic acid groups (broad SMARTS) is 1. The van der Waals surface area contributed by atoms with E-state index in [1.165, 1.54) is 0 Å². The highest BCUT2D eigenvalue weighted by atomic mass is 16.5. The molecule has 0 saturated heterocycles. The number of nitrogens with zero attached hydrogens (tertiary/aromatic N) is 1. The lowest BCUT2D eigenvalue weighted by molar-refractivity contribution is 0.0696. The Kier molecular flexibility index (Phi) is 6.29. The number of hydrogen-bond donors (Lipinski definition) is 2. The van der Waals surface area contributed by atoms with E-state index in [0.717, 1.165) is 12.3 Å². The molecule has 0 aliphatic carbocycles. The number of carbonyl (C=O) groups is 1. The predicted molar refractivity (Wildman–Crippen MR) is 74.7 cm³/mol. The molecule has 0 radical (unpaired) electrons. The van der Waals surface area contributed by atoms with Crippen molar-refractivity contribution in [3.63, 3.8) is 0 Å². The van der Waals surface area contributed by atoms with Gasteiger partial charge in [-0.25, -0.2) is 9.78 Å². The van der Waals surface area contributed by atoms with Crippen molar-refractivity contribution in [3.8, 4) is 0 Å². The fourth-order valence-electron chi connectivity index (χ4n) is 1.55. The van der Waals surface area contributed by atoms with Gasteiger partial charge in [0.1, 0.15) is 5.82 Å². The number of nitrogens with one attached hydrogen (secondary N) is 1. The predicted octanol–water partition coefficient (Wildman–Crippen LogP) is 2.43. The molecule has 1 heterocycles. The maximum Gasteiger partial charge on any atom is 0.335 e. The van der Waals surface area contributed by atoms with E-state index in [9.17, 15) is 4.79 Å². The lowest BCUT2D eigenvalue weighted by Crippen LogP contribution is -2.14. The minimum absolute atomic E-state index is 0.262. The first-order valence-corrected chi connectivity index (χ1v) is 6.58. The molecule has 19 heavy (non-hydrogen) atoms. The van der Waals surface area contributed by atoms with Gasteiger partial charge >= 0.3 is 5.97 Å². The summed E-state index contributed by atoms with van der Waals surface area (Å²) in [7, 11) is 0. The van der Waals surface area contributed by atoms with Gasteiger partial charge in [0, 0.05) is 18.8 Å². The van der Waals surface area contributed by atoms with Crippen LogP contribution in [0.1, 0.15) is 36.8 Å². The maximum atomic E-state index is 11.0. The van der Waals surface area contributed by atoms with E-state index >= 15 is 0 Å². The smallest absolute Gasteiger partial charge is 0.335 e. The molecule has 0 unspecified atom stereocenters. The summed E-state index contributed by atoms with van der Waals surface area (Å²) in [6, 6.07) is 3.15. The molecular formula is C14H22N2O3. The van der Waals surface area contributed by atoms with E-state index in [4.69, 9.17) is 9.84 Å². The van der Waals surface area contributed by atoms with Crippen LogP contribution in [0.2, 0.25) is 0 Å². The summed E-state index contributed by atoms with van der Waals surface area (Å²) in [5, 5.41) is 12.1. The summed E-state index contributed by atoms with van der Waals surface area (Å²) in [6.07, 6.45) is 0.708. The van der Waals surface area contributed by atoms with E-state index in [0.29, 0.717) is 31.3 Å². The van der Waals surface area contributed by atoms with Crippen molar-refractivity contribution in [3.05, 3.63) is 23.4 Å². The topological polar surface area (TPSA) is 71.5 Å². The van der Waals surface area contributed by atoms with Crippen LogP contribution in [0.25, 0.3) is 0 Å². The molecule has 5 nitrogen and oxygen atoms in total. The number of anilines is 1. The van der Waals surface area contributed by atoms with Crippen molar-refractivity contribution in [2.75, 3.05) is 25.1 Å². The molecule has 0 atom stereocenters. The molecule has 0 amide bonds. The summed E-state index contributed by atoms with van der Waals surface area (Å²) in [6.45, 7) is 8.07. The number of hydrogen-bond acceptors (Lipinski definition) is 4. The number of aromatic nitrogens is 1. The van der Waals surface area contributed by atoms with Gasteiger partial charge in [0.05, 0.1) is 12.2 Å². The van der Waals surface area contributed by atoms with Crippen LogP contribution in [-0.4, -0.2) is 35.8 Å². The monoisotopic (exact) mass is 266 g/mol. The second kappa shape index (κ2) is 7.74. The Morgan fingerprint density at radius 1 is 1.47 bits per heavy atom. The summed E-state index contributed by atoms with van der Waals surface area (Å²) < 4.78 is 5.44. The van der Waals surface area contributed by atoms with E-state index in [1.807, 2.05) is 6.92 Å². The lowest BCUT2D eigenvalue weighted by Gasteiger charge is -2.10. The van der Waals surface area contributed by atoms with E-state index in [-0.39, 0.29) is 5.56 Å². The first-order valence-electron chi connectivity index (χ1n) is 6.58. The van der Waals surface area contributed by atoms with Crippen LogP contribution >= 0.6 is 0 Å². The minimum atomic E-state index is -0.934. The Labute approximate surface area is 114 Å². The summed E-state index contributed by atoms with van der Waals surface area (Å²) >= 11 is 0. The summed E-state index contributed by atoms with van der Waals surface area (Å²) in [5.41, 5.74) is 1.03. The molecule has 106 valence electrons. The van der Waals surface area contributed by atoms with Crippen molar-refractivity contribution in [1.82, 2.24) is 4.98 Å². The molecule has 1 rings (SSSR count). The molecule has 0 bridgehead atoms. The second-order valence-electron chi connectivity index (χ2n) is 4.79. The van der Waals surface area contributed by atoms with Gasteiger partial charge in [0.15, 0.2) is 0 Å². The van der Waals surface area contributed by atoms with Crippen molar-refractivity contribution < 1.29 is 14.6 Å². The molecule has 0 saturated carbocycles. The molecule has 0 aliphatic heterocycles. The molecule has 1 aromatic heterocycles. The number of carboxylic acids is 1. The van der Waals surface area contributed by atoms with Gasteiger partial charge in [0.2, 0.25) is 0 Å². The Balaban J connectivity index is 2.53. The third-order valence-corrected chi connectivity index (χ3v) is 2.49. The highest BCUT2D eigenvalue weighted by Gasteiger charge is 2.07. The number of aromatic carboxylic acids is 1. The van der Waals surface area contributed by atoms with Gasteiger partial charge in [0.25, 0.3) is 0 Å². The van der Waals surface area contributed by atoms with Crippen molar-refractivity contribution in [2.45, 2.75) is 27.2 Å². The Morgan fingerprint density at radius 3 is 2.79 bits per heavy atom. The van der Waals surface area contributed by atoms with Gasteiger partial charge in [-0.2, -0.15) is 0 Å². The normalized spacial score (nSPS) is 10.7. The fourth-order valence-corrected chi connectivity index (χ4v) is 1.55. The molecule has 0 aromatic carbocycles. The largest absolute Gasteiger partial charge is 0.478 e. The zero-order valence-corrected chi connectivity index (χ0v) is 11.8. The third-order valence-electron chi connectivity index (χ3n) is 2.49. The average molecular weight is 266 g/mol. The molecular weight excluding hydrogens is 244 g/mol. The number of ether oxygens (including phenoxy) is 1. The first-order chi connectivity index (χ1) is 9.02. The van der Waals surface area contributed by atoms with Gasteiger partial charge in [-0.05, 0) is 24.5 Å². The van der Waals surface area contributed by atoms with Crippen molar-refractivity contribution in [2.24, 2.45) is 5.92 Å². The second-order valence-corrected chi connectivity index (χ2v) is 4.79. The van der Waals surface area contributed by atoms with Gasteiger partial charge in [-0.3, -0.25) is 0 Å². The minimum Gasteiger partial charge on any atom is -0.478 e.